The van der Waals surface area contributed by atoms with Gasteiger partial charge >= 0.3 is 0 Å². The van der Waals surface area contributed by atoms with Crippen molar-refractivity contribution < 1.29 is 4.74 Å². The lowest BCUT2D eigenvalue weighted by Gasteiger charge is -2.26. The molecule has 0 saturated carbocycles. The number of benzene rings is 1. The van der Waals surface area contributed by atoms with E-state index in [0.717, 1.165) is 45.1 Å². The molecule has 3 rings (SSSR count). The predicted octanol–water partition coefficient (Wildman–Crippen LogP) is 1.86. The molecule has 2 heterocycles. The van der Waals surface area contributed by atoms with Crippen LogP contribution in [0.2, 0.25) is 0 Å². The van der Waals surface area contributed by atoms with Gasteiger partial charge < -0.3 is 10.1 Å². The molecule has 21 heavy (non-hydrogen) atoms. The molecule has 1 aliphatic heterocycles. The summed E-state index contributed by atoms with van der Waals surface area (Å²) < 4.78 is 7.20. The molecular weight excluding hydrogens is 264 g/mol. The third-order valence-corrected chi connectivity index (χ3v) is 3.72. The lowest BCUT2D eigenvalue weighted by molar-refractivity contribution is 0.0342. The molecule has 0 unspecified atom stereocenters. The zero-order valence-electron chi connectivity index (χ0n) is 12.5. The Labute approximate surface area is 125 Å². The van der Waals surface area contributed by atoms with Gasteiger partial charge in [-0.15, -0.1) is 0 Å². The molecule has 1 aliphatic rings. The van der Waals surface area contributed by atoms with Gasteiger partial charge in [0.05, 0.1) is 19.4 Å². The predicted molar refractivity (Wildman–Crippen MR) is 83.1 cm³/mol. The van der Waals surface area contributed by atoms with Gasteiger partial charge in [0.1, 0.15) is 0 Å². The summed E-state index contributed by atoms with van der Waals surface area (Å²) in [6.45, 7) is 5.57. The van der Waals surface area contributed by atoms with Crippen LogP contribution in [0.15, 0.2) is 36.7 Å². The Morgan fingerprint density at radius 3 is 2.57 bits per heavy atom. The van der Waals surface area contributed by atoms with Crippen molar-refractivity contribution in [2.45, 2.75) is 13.1 Å². The number of nitrogens with one attached hydrogen (secondary N) is 1. The van der Waals surface area contributed by atoms with Crippen LogP contribution in [0.1, 0.15) is 11.1 Å². The highest BCUT2D eigenvalue weighted by Gasteiger charge is 2.10. The SMILES string of the molecule is Cn1cc(CNc2ccc(CN3CCOCC3)cc2)cn1. The monoisotopic (exact) mass is 286 g/mol. The molecular formula is C16H22N4O. The number of nitrogens with zero attached hydrogens (tertiary/aromatic N) is 3. The highest BCUT2D eigenvalue weighted by Crippen LogP contribution is 2.13. The van der Waals surface area contributed by atoms with E-state index in [1.54, 1.807) is 0 Å². The maximum atomic E-state index is 5.37. The van der Waals surface area contributed by atoms with E-state index in [4.69, 9.17) is 4.74 Å². The highest BCUT2D eigenvalue weighted by molar-refractivity contribution is 5.45. The number of hydrogen-bond acceptors (Lipinski definition) is 4. The number of anilines is 1. The number of aromatic nitrogens is 2. The van der Waals surface area contributed by atoms with Crippen molar-refractivity contribution >= 4 is 5.69 Å². The summed E-state index contributed by atoms with van der Waals surface area (Å²) in [5.41, 5.74) is 3.68. The molecule has 0 aliphatic carbocycles. The standard InChI is InChI=1S/C16H22N4O/c1-19-12-15(11-18-19)10-17-16-4-2-14(3-5-16)13-20-6-8-21-9-7-20/h2-5,11-12,17H,6-10,13H2,1H3. The molecule has 112 valence electrons. The second-order valence-electron chi connectivity index (χ2n) is 5.46. The smallest absolute Gasteiger partial charge is 0.0594 e. The molecule has 0 bridgehead atoms. The molecule has 1 fully saturated rings. The van der Waals surface area contributed by atoms with Crippen molar-refractivity contribution in [3.63, 3.8) is 0 Å². The van der Waals surface area contributed by atoms with E-state index in [1.807, 2.05) is 24.1 Å². The van der Waals surface area contributed by atoms with Crippen molar-refractivity contribution in [3.05, 3.63) is 47.8 Å². The first-order valence-corrected chi connectivity index (χ1v) is 7.40. The van der Waals surface area contributed by atoms with Crippen LogP contribution >= 0.6 is 0 Å². The Hall–Kier alpha value is -1.85. The van der Waals surface area contributed by atoms with Gasteiger partial charge in [0.2, 0.25) is 0 Å². The highest BCUT2D eigenvalue weighted by atomic mass is 16.5. The lowest BCUT2D eigenvalue weighted by atomic mass is 10.2. The summed E-state index contributed by atoms with van der Waals surface area (Å²) in [7, 11) is 1.93. The molecule has 5 heteroatoms. The van der Waals surface area contributed by atoms with Gasteiger partial charge in [-0.3, -0.25) is 9.58 Å². The van der Waals surface area contributed by atoms with E-state index in [0.29, 0.717) is 0 Å². The van der Waals surface area contributed by atoms with E-state index in [9.17, 15) is 0 Å². The Kier molecular flexibility index (Phi) is 4.52. The quantitative estimate of drug-likeness (QED) is 0.911. The second kappa shape index (κ2) is 6.74. The van der Waals surface area contributed by atoms with Gasteiger partial charge in [-0.2, -0.15) is 5.10 Å². The van der Waals surface area contributed by atoms with E-state index in [1.165, 1.54) is 11.1 Å². The molecule has 0 radical (unpaired) electrons. The first kappa shape index (κ1) is 14.1. The second-order valence-corrected chi connectivity index (χ2v) is 5.46. The number of hydrogen-bond donors (Lipinski definition) is 1. The maximum Gasteiger partial charge on any atom is 0.0594 e. The molecule has 0 atom stereocenters. The zero-order valence-corrected chi connectivity index (χ0v) is 12.5. The van der Waals surface area contributed by atoms with Crippen LogP contribution in [-0.4, -0.2) is 41.0 Å². The van der Waals surface area contributed by atoms with Gasteiger partial charge in [-0.25, -0.2) is 0 Å². The minimum Gasteiger partial charge on any atom is -0.381 e. The average Bonchev–Trinajstić information content (AvgIpc) is 2.93. The first-order valence-electron chi connectivity index (χ1n) is 7.40. The van der Waals surface area contributed by atoms with Crippen LogP contribution < -0.4 is 5.32 Å². The van der Waals surface area contributed by atoms with Crippen molar-refractivity contribution in [3.8, 4) is 0 Å². The van der Waals surface area contributed by atoms with Crippen LogP contribution in [0.4, 0.5) is 5.69 Å². The normalized spacial score (nSPS) is 16.0. The maximum absolute atomic E-state index is 5.37. The summed E-state index contributed by atoms with van der Waals surface area (Å²) in [4.78, 5) is 2.43. The van der Waals surface area contributed by atoms with E-state index < -0.39 is 0 Å². The van der Waals surface area contributed by atoms with Crippen LogP contribution in [-0.2, 0) is 24.9 Å². The van der Waals surface area contributed by atoms with E-state index in [2.05, 4.69) is 39.6 Å². The molecule has 2 aromatic rings. The summed E-state index contributed by atoms with van der Waals surface area (Å²) in [6, 6.07) is 8.68. The van der Waals surface area contributed by atoms with Gasteiger partial charge in [0.25, 0.3) is 0 Å². The lowest BCUT2D eigenvalue weighted by Crippen LogP contribution is -2.35. The van der Waals surface area contributed by atoms with Gasteiger partial charge in [0, 0.05) is 50.7 Å². The van der Waals surface area contributed by atoms with Crippen molar-refractivity contribution in [2.75, 3.05) is 31.6 Å². The van der Waals surface area contributed by atoms with Gasteiger partial charge in [0.15, 0.2) is 0 Å². The molecule has 1 saturated heterocycles. The largest absolute Gasteiger partial charge is 0.381 e. The van der Waals surface area contributed by atoms with Crippen LogP contribution in [0.5, 0.6) is 0 Å². The van der Waals surface area contributed by atoms with Crippen molar-refractivity contribution in [1.82, 2.24) is 14.7 Å². The van der Waals surface area contributed by atoms with Crippen LogP contribution in [0.25, 0.3) is 0 Å². The fourth-order valence-corrected chi connectivity index (χ4v) is 2.51. The fraction of sp³-hybridized carbons (Fsp3) is 0.438. The first-order chi connectivity index (χ1) is 10.3. The number of rotatable bonds is 5. The number of morpholine rings is 1. The fourth-order valence-electron chi connectivity index (χ4n) is 2.51. The van der Waals surface area contributed by atoms with Gasteiger partial charge in [-0.05, 0) is 17.7 Å². The zero-order chi connectivity index (χ0) is 14.5. The van der Waals surface area contributed by atoms with Gasteiger partial charge in [-0.1, -0.05) is 12.1 Å². The molecule has 1 aromatic carbocycles. The third-order valence-electron chi connectivity index (χ3n) is 3.72. The topological polar surface area (TPSA) is 42.3 Å². The minimum atomic E-state index is 0.802. The van der Waals surface area contributed by atoms with Crippen LogP contribution in [0, 0.1) is 0 Å². The molecule has 1 N–H and O–H groups in total. The third kappa shape index (κ3) is 4.06. The Balaban J connectivity index is 1.51. The average molecular weight is 286 g/mol. The minimum absolute atomic E-state index is 0.802. The number of aryl methyl sites for hydroxylation is 1. The molecule has 0 amide bonds. The molecule has 1 aromatic heterocycles. The molecule has 5 nitrogen and oxygen atoms in total. The van der Waals surface area contributed by atoms with E-state index in [-0.39, 0.29) is 0 Å². The van der Waals surface area contributed by atoms with Crippen LogP contribution in [0.3, 0.4) is 0 Å². The van der Waals surface area contributed by atoms with Crippen molar-refractivity contribution in [1.29, 1.82) is 0 Å². The number of ether oxygens (including phenoxy) is 1. The Bertz CT molecular complexity index is 558. The summed E-state index contributed by atoms with van der Waals surface area (Å²) in [5.74, 6) is 0. The van der Waals surface area contributed by atoms with E-state index >= 15 is 0 Å². The summed E-state index contributed by atoms with van der Waals surface area (Å²) in [6.07, 6.45) is 3.92. The Morgan fingerprint density at radius 2 is 1.90 bits per heavy atom. The summed E-state index contributed by atoms with van der Waals surface area (Å²) in [5, 5.41) is 7.59. The van der Waals surface area contributed by atoms with Crippen molar-refractivity contribution in [2.24, 2.45) is 7.05 Å². The molecule has 0 spiro atoms. The Morgan fingerprint density at radius 1 is 1.14 bits per heavy atom. The summed E-state index contributed by atoms with van der Waals surface area (Å²) >= 11 is 0.